The standard InChI is InChI=1S/C14H20N2O3S/c1-4-9-15-12(3)10-16(14(15)17)20(18,19)13-7-5-11(2)6-8-13/h5-8,12H,4,9-10H2,1-3H3. The summed E-state index contributed by atoms with van der Waals surface area (Å²) in [6.45, 7) is 6.53. The minimum Gasteiger partial charge on any atom is -0.319 e. The second kappa shape index (κ2) is 5.44. The van der Waals surface area contributed by atoms with E-state index >= 15 is 0 Å². The van der Waals surface area contributed by atoms with Gasteiger partial charge < -0.3 is 4.90 Å². The van der Waals surface area contributed by atoms with E-state index in [1.165, 1.54) is 0 Å². The highest BCUT2D eigenvalue weighted by Gasteiger charge is 2.41. The molecular weight excluding hydrogens is 276 g/mol. The topological polar surface area (TPSA) is 57.7 Å². The van der Waals surface area contributed by atoms with Crippen LogP contribution in [0, 0.1) is 6.92 Å². The summed E-state index contributed by atoms with van der Waals surface area (Å²) < 4.78 is 26.0. The van der Waals surface area contributed by atoms with Crippen LogP contribution in [0.25, 0.3) is 0 Å². The van der Waals surface area contributed by atoms with Gasteiger partial charge in [0.2, 0.25) is 0 Å². The first kappa shape index (κ1) is 14.8. The van der Waals surface area contributed by atoms with Gasteiger partial charge in [0.15, 0.2) is 0 Å². The average Bonchev–Trinajstić information content (AvgIpc) is 2.68. The van der Waals surface area contributed by atoms with Crippen molar-refractivity contribution in [3.63, 3.8) is 0 Å². The van der Waals surface area contributed by atoms with Gasteiger partial charge in [-0.05, 0) is 32.4 Å². The summed E-state index contributed by atoms with van der Waals surface area (Å²) in [4.78, 5) is 14.1. The number of nitrogens with zero attached hydrogens (tertiary/aromatic N) is 2. The van der Waals surface area contributed by atoms with Crippen LogP contribution in [-0.4, -0.2) is 42.8 Å². The monoisotopic (exact) mass is 296 g/mol. The van der Waals surface area contributed by atoms with Crippen LogP contribution in [0.4, 0.5) is 4.79 Å². The summed E-state index contributed by atoms with van der Waals surface area (Å²) >= 11 is 0. The van der Waals surface area contributed by atoms with Gasteiger partial charge in [0, 0.05) is 12.6 Å². The van der Waals surface area contributed by atoms with Crippen molar-refractivity contribution >= 4 is 16.1 Å². The van der Waals surface area contributed by atoms with Crippen LogP contribution in [-0.2, 0) is 10.0 Å². The Hall–Kier alpha value is -1.56. The molecule has 0 bridgehead atoms. The highest BCUT2D eigenvalue weighted by molar-refractivity contribution is 7.89. The van der Waals surface area contributed by atoms with Crippen LogP contribution < -0.4 is 0 Å². The van der Waals surface area contributed by atoms with Crippen molar-refractivity contribution in [1.29, 1.82) is 0 Å². The normalized spacial score (nSPS) is 19.8. The molecule has 0 radical (unpaired) electrons. The van der Waals surface area contributed by atoms with Crippen molar-refractivity contribution < 1.29 is 13.2 Å². The molecule has 1 aromatic rings. The zero-order valence-corrected chi connectivity index (χ0v) is 12.9. The number of carbonyl (C=O) groups is 1. The molecule has 1 heterocycles. The van der Waals surface area contributed by atoms with Crippen molar-refractivity contribution in [2.24, 2.45) is 0 Å². The Morgan fingerprint density at radius 2 is 1.85 bits per heavy atom. The summed E-state index contributed by atoms with van der Waals surface area (Å²) in [5, 5.41) is 0. The number of urea groups is 1. The van der Waals surface area contributed by atoms with E-state index in [0.717, 1.165) is 16.3 Å². The zero-order valence-electron chi connectivity index (χ0n) is 12.0. The lowest BCUT2D eigenvalue weighted by Crippen LogP contribution is -2.37. The lowest BCUT2D eigenvalue weighted by molar-refractivity contribution is 0.199. The number of sulfonamides is 1. The minimum atomic E-state index is -3.75. The molecule has 1 aliphatic rings. The Morgan fingerprint density at radius 1 is 1.25 bits per heavy atom. The van der Waals surface area contributed by atoms with Gasteiger partial charge in [0.05, 0.1) is 11.4 Å². The molecule has 0 spiro atoms. The van der Waals surface area contributed by atoms with Gasteiger partial charge in [-0.3, -0.25) is 0 Å². The molecule has 1 fully saturated rings. The molecule has 2 amide bonds. The van der Waals surface area contributed by atoms with Gasteiger partial charge in [-0.2, -0.15) is 0 Å². The minimum absolute atomic E-state index is 0.0809. The van der Waals surface area contributed by atoms with E-state index in [-0.39, 0.29) is 17.5 Å². The van der Waals surface area contributed by atoms with Gasteiger partial charge in [-0.15, -0.1) is 0 Å². The third-order valence-electron chi connectivity index (χ3n) is 3.49. The quantitative estimate of drug-likeness (QED) is 0.856. The van der Waals surface area contributed by atoms with Gasteiger partial charge in [-0.1, -0.05) is 24.6 Å². The Morgan fingerprint density at radius 3 is 2.40 bits per heavy atom. The molecule has 5 nitrogen and oxygen atoms in total. The summed E-state index contributed by atoms with van der Waals surface area (Å²) in [7, 11) is -3.75. The van der Waals surface area contributed by atoms with Gasteiger partial charge >= 0.3 is 6.03 Å². The highest BCUT2D eigenvalue weighted by Crippen LogP contribution is 2.24. The summed E-state index contributed by atoms with van der Waals surface area (Å²) in [6.07, 6.45) is 0.814. The zero-order chi connectivity index (χ0) is 14.9. The number of hydrogen-bond acceptors (Lipinski definition) is 3. The van der Waals surface area contributed by atoms with E-state index in [4.69, 9.17) is 0 Å². The molecule has 1 saturated heterocycles. The second-order valence-corrected chi connectivity index (χ2v) is 7.04. The number of carbonyl (C=O) groups excluding carboxylic acids is 1. The second-order valence-electron chi connectivity index (χ2n) is 5.17. The average molecular weight is 296 g/mol. The molecule has 0 N–H and O–H groups in total. The van der Waals surface area contributed by atoms with E-state index in [2.05, 4.69) is 0 Å². The third-order valence-corrected chi connectivity index (χ3v) is 5.25. The fraction of sp³-hybridized carbons (Fsp3) is 0.500. The van der Waals surface area contributed by atoms with E-state index in [1.807, 2.05) is 20.8 Å². The van der Waals surface area contributed by atoms with Crippen LogP contribution in [0.1, 0.15) is 25.8 Å². The number of aryl methyl sites for hydroxylation is 1. The Balaban J connectivity index is 2.31. The highest BCUT2D eigenvalue weighted by atomic mass is 32.2. The fourth-order valence-electron chi connectivity index (χ4n) is 2.34. The lowest BCUT2D eigenvalue weighted by Gasteiger charge is -2.19. The Kier molecular flexibility index (Phi) is 4.04. The molecule has 20 heavy (non-hydrogen) atoms. The smallest absolute Gasteiger partial charge is 0.319 e. The molecule has 110 valence electrons. The Labute approximate surface area is 120 Å². The molecular formula is C14H20N2O3S. The van der Waals surface area contributed by atoms with E-state index in [0.29, 0.717) is 6.54 Å². The van der Waals surface area contributed by atoms with Crippen LogP contribution in [0.15, 0.2) is 29.2 Å². The first-order chi connectivity index (χ1) is 9.37. The SMILES string of the molecule is CCCN1C(=O)N(S(=O)(=O)c2ccc(C)cc2)CC1C. The predicted molar refractivity (Wildman–Crippen MR) is 76.9 cm³/mol. The van der Waals surface area contributed by atoms with Gasteiger partial charge in [-0.25, -0.2) is 17.5 Å². The van der Waals surface area contributed by atoms with Crippen molar-refractivity contribution in [3.8, 4) is 0 Å². The third kappa shape index (κ3) is 2.52. The molecule has 1 aromatic carbocycles. The molecule has 0 saturated carbocycles. The fourth-order valence-corrected chi connectivity index (χ4v) is 3.80. The molecule has 1 atom stereocenters. The summed E-state index contributed by atoms with van der Waals surface area (Å²) in [5.41, 5.74) is 0.984. The summed E-state index contributed by atoms with van der Waals surface area (Å²) in [6, 6.07) is 6.07. The number of benzene rings is 1. The van der Waals surface area contributed by atoms with Gasteiger partial charge in [0.1, 0.15) is 0 Å². The predicted octanol–water partition coefficient (Wildman–Crippen LogP) is 2.22. The first-order valence-corrected chi connectivity index (χ1v) is 8.22. The van der Waals surface area contributed by atoms with Crippen LogP contribution in [0.5, 0.6) is 0 Å². The summed E-state index contributed by atoms with van der Waals surface area (Å²) in [5.74, 6) is 0. The number of rotatable bonds is 4. The number of amides is 2. The van der Waals surface area contributed by atoms with Crippen molar-refractivity contribution in [3.05, 3.63) is 29.8 Å². The molecule has 0 aromatic heterocycles. The van der Waals surface area contributed by atoms with Crippen LogP contribution >= 0.6 is 0 Å². The molecule has 2 rings (SSSR count). The maximum absolute atomic E-state index is 12.5. The molecule has 1 unspecified atom stereocenters. The number of hydrogen-bond donors (Lipinski definition) is 0. The first-order valence-electron chi connectivity index (χ1n) is 6.78. The van der Waals surface area contributed by atoms with E-state index < -0.39 is 16.1 Å². The van der Waals surface area contributed by atoms with Crippen LogP contribution in [0.3, 0.4) is 0 Å². The molecule has 6 heteroatoms. The maximum Gasteiger partial charge on any atom is 0.334 e. The van der Waals surface area contributed by atoms with Gasteiger partial charge in [0.25, 0.3) is 10.0 Å². The van der Waals surface area contributed by atoms with Crippen molar-refractivity contribution in [1.82, 2.24) is 9.21 Å². The molecule has 1 aliphatic heterocycles. The molecule has 0 aliphatic carbocycles. The van der Waals surface area contributed by atoms with Crippen LogP contribution in [0.2, 0.25) is 0 Å². The Bertz CT molecular complexity index is 595. The maximum atomic E-state index is 12.5. The van der Waals surface area contributed by atoms with E-state index in [1.54, 1.807) is 29.2 Å². The lowest BCUT2D eigenvalue weighted by atomic mass is 10.2. The van der Waals surface area contributed by atoms with Crippen molar-refractivity contribution in [2.45, 2.75) is 38.1 Å². The van der Waals surface area contributed by atoms with Crippen molar-refractivity contribution in [2.75, 3.05) is 13.1 Å². The van der Waals surface area contributed by atoms with E-state index in [9.17, 15) is 13.2 Å². The largest absolute Gasteiger partial charge is 0.334 e.